The van der Waals surface area contributed by atoms with Crippen LogP contribution in [0.4, 0.5) is 8.78 Å². The van der Waals surface area contributed by atoms with Gasteiger partial charge in [-0.15, -0.1) is 0 Å². The Kier molecular flexibility index (Phi) is 6.41. The lowest BCUT2D eigenvalue weighted by atomic mass is 10.0. The van der Waals surface area contributed by atoms with E-state index in [0.717, 1.165) is 0 Å². The van der Waals surface area contributed by atoms with Crippen LogP contribution in [0.25, 0.3) is 0 Å². The van der Waals surface area contributed by atoms with E-state index in [1.807, 2.05) is 6.92 Å². The maximum Gasteiger partial charge on any atom is 0.326 e. The average Bonchev–Trinajstić information content (AvgIpc) is 2.74. The Labute approximate surface area is 132 Å². The zero-order valence-corrected chi connectivity index (χ0v) is 13.2. The smallest absolute Gasteiger partial charge is 0.326 e. The molecule has 0 fully saturated rings. The van der Waals surface area contributed by atoms with Gasteiger partial charge in [0.15, 0.2) is 5.78 Å². The van der Waals surface area contributed by atoms with E-state index in [-0.39, 0.29) is 11.5 Å². The lowest BCUT2D eigenvalue weighted by Gasteiger charge is -2.14. The Morgan fingerprint density at radius 2 is 1.91 bits per heavy atom. The summed E-state index contributed by atoms with van der Waals surface area (Å²) in [5.41, 5.74) is 1.41. The molecule has 0 saturated carbocycles. The van der Waals surface area contributed by atoms with Gasteiger partial charge in [0.1, 0.15) is 11.7 Å². The Balaban J connectivity index is 3.14. The van der Waals surface area contributed by atoms with E-state index in [4.69, 9.17) is 5.11 Å². The van der Waals surface area contributed by atoms with E-state index < -0.39 is 30.8 Å². The number of halogens is 2. The number of aliphatic carboxylic acids is 1. The number of nitrogens with one attached hydrogen (secondary N) is 2. The first-order chi connectivity index (χ1) is 10.7. The van der Waals surface area contributed by atoms with Gasteiger partial charge in [0, 0.05) is 17.7 Å². The van der Waals surface area contributed by atoms with Crippen LogP contribution in [-0.4, -0.2) is 40.2 Å². The molecule has 1 aromatic rings. The quantitative estimate of drug-likeness (QED) is 0.637. The highest BCUT2D eigenvalue weighted by Crippen LogP contribution is 2.21. The van der Waals surface area contributed by atoms with Crippen molar-refractivity contribution in [1.29, 1.82) is 0 Å². The highest BCUT2D eigenvalue weighted by Gasteiger charge is 2.28. The van der Waals surface area contributed by atoms with Crippen molar-refractivity contribution in [2.45, 2.75) is 52.5 Å². The summed E-state index contributed by atoms with van der Waals surface area (Å²) < 4.78 is 24.8. The molecule has 1 unspecified atom stereocenters. The summed E-state index contributed by atoms with van der Waals surface area (Å²) in [5, 5.41) is 11.0. The standard InChI is InChI=1S/C15H20F2N2O4/c1-4-5-9-12(8(3)20)7(2)18-13(9)14(21)19-10(15(22)23)6-11(16)17/h10-11,18H,4-6H2,1-3H3,(H,19,21)(H,22,23). The third kappa shape index (κ3) is 4.61. The minimum Gasteiger partial charge on any atom is -0.480 e. The number of Topliss-reactive ketones (excluding diaryl/α,β-unsaturated/α-hetero) is 1. The first-order valence-corrected chi connectivity index (χ1v) is 7.23. The summed E-state index contributed by atoms with van der Waals surface area (Å²) in [6, 6.07) is -1.69. The fourth-order valence-corrected chi connectivity index (χ4v) is 2.48. The number of carbonyl (C=O) groups excluding carboxylic acids is 2. The molecule has 0 bridgehead atoms. The third-order valence-corrected chi connectivity index (χ3v) is 3.39. The zero-order chi connectivity index (χ0) is 17.7. The number of aromatic nitrogens is 1. The number of carboxylic acids is 1. The summed E-state index contributed by atoms with van der Waals surface area (Å²) in [6.07, 6.45) is -2.74. The fourth-order valence-electron chi connectivity index (χ4n) is 2.48. The molecule has 0 spiro atoms. The fraction of sp³-hybridized carbons (Fsp3) is 0.533. The number of aryl methyl sites for hydroxylation is 1. The van der Waals surface area contributed by atoms with Crippen molar-refractivity contribution in [1.82, 2.24) is 10.3 Å². The minimum absolute atomic E-state index is 0.0510. The van der Waals surface area contributed by atoms with Crippen molar-refractivity contribution in [3.05, 3.63) is 22.5 Å². The van der Waals surface area contributed by atoms with Gasteiger partial charge in [-0.25, -0.2) is 13.6 Å². The molecule has 128 valence electrons. The summed E-state index contributed by atoms with van der Waals surface area (Å²) in [4.78, 5) is 37.7. The number of carboxylic acid groups (broad SMARTS) is 1. The molecule has 1 aromatic heterocycles. The molecule has 3 N–H and O–H groups in total. The Morgan fingerprint density at radius 1 is 1.30 bits per heavy atom. The Morgan fingerprint density at radius 3 is 2.35 bits per heavy atom. The number of aromatic amines is 1. The van der Waals surface area contributed by atoms with E-state index in [1.165, 1.54) is 6.92 Å². The molecule has 6 nitrogen and oxygen atoms in total. The van der Waals surface area contributed by atoms with Gasteiger partial charge in [0.25, 0.3) is 5.91 Å². The summed E-state index contributed by atoms with van der Waals surface area (Å²) in [6.45, 7) is 4.86. The van der Waals surface area contributed by atoms with Crippen molar-refractivity contribution in [2.75, 3.05) is 0 Å². The second kappa shape index (κ2) is 7.85. The lowest BCUT2D eigenvalue weighted by molar-refractivity contribution is -0.140. The molecule has 1 heterocycles. The number of hydrogen-bond acceptors (Lipinski definition) is 3. The van der Waals surface area contributed by atoms with Crippen molar-refractivity contribution < 1.29 is 28.3 Å². The minimum atomic E-state index is -2.86. The second-order valence-corrected chi connectivity index (χ2v) is 5.28. The average molecular weight is 330 g/mol. The van der Waals surface area contributed by atoms with Gasteiger partial charge in [-0.1, -0.05) is 13.3 Å². The summed E-state index contributed by atoms with van der Waals surface area (Å²) >= 11 is 0. The van der Waals surface area contributed by atoms with Crippen molar-refractivity contribution in [3.63, 3.8) is 0 Å². The number of H-pyrrole nitrogens is 1. The topological polar surface area (TPSA) is 99.3 Å². The zero-order valence-electron chi connectivity index (χ0n) is 13.2. The number of amides is 1. The van der Waals surface area contributed by atoms with Crippen LogP contribution in [0.15, 0.2) is 0 Å². The van der Waals surface area contributed by atoms with Gasteiger partial charge in [-0.05, 0) is 25.8 Å². The Bertz CT molecular complexity index is 611. The predicted molar refractivity (Wildman–Crippen MR) is 79.0 cm³/mol. The van der Waals surface area contributed by atoms with E-state index >= 15 is 0 Å². The van der Waals surface area contributed by atoms with Crippen LogP contribution >= 0.6 is 0 Å². The molecule has 0 radical (unpaired) electrons. The van der Waals surface area contributed by atoms with Crippen LogP contribution < -0.4 is 5.32 Å². The van der Waals surface area contributed by atoms with Crippen molar-refractivity contribution in [3.8, 4) is 0 Å². The van der Waals surface area contributed by atoms with E-state index in [9.17, 15) is 23.2 Å². The molecule has 0 aromatic carbocycles. The van der Waals surface area contributed by atoms with Gasteiger partial charge in [-0.3, -0.25) is 9.59 Å². The first kappa shape index (κ1) is 18.8. The highest BCUT2D eigenvalue weighted by molar-refractivity contribution is 6.03. The molecule has 23 heavy (non-hydrogen) atoms. The number of alkyl halides is 2. The molecule has 0 aliphatic carbocycles. The monoisotopic (exact) mass is 330 g/mol. The maximum absolute atomic E-state index is 12.4. The van der Waals surface area contributed by atoms with Gasteiger partial charge in [0.05, 0.1) is 0 Å². The molecule has 8 heteroatoms. The first-order valence-electron chi connectivity index (χ1n) is 7.23. The lowest BCUT2D eigenvalue weighted by Crippen LogP contribution is -2.42. The van der Waals surface area contributed by atoms with E-state index in [0.29, 0.717) is 29.7 Å². The van der Waals surface area contributed by atoms with Crippen LogP contribution in [0.2, 0.25) is 0 Å². The van der Waals surface area contributed by atoms with Crippen LogP contribution in [0, 0.1) is 6.92 Å². The van der Waals surface area contributed by atoms with Gasteiger partial charge in [-0.2, -0.15) is 0 Å². The number of ketones is 1. The van der Waals surface area contributed by atoms with E-state index in [2.05, 4.69) is 10.3 Å². The number of rotatable bonds is 8. The van der Waals surface area contributed by atoms with Gasteiger partial charge >= 0.3 is 5.97 Å². The molecule has 1 rings (SSSR count). The molecule has 0 aliphatic heterocycles. The van der Waals surface area contributed by atoms with Crippen molar-refractivity contribution >= 4 is 17.7 Å². The van der Waals surface area contributed by atoms with Crippen LogP contribution in [0.3, 0.4) is 0 Å². The van der Waals surface area contributed by atoms with Crippen LogP contribution in [0.5, 0.6) is 0 Å². The van der Waals surface area contributed by atoms with Gasteiger partial charge in [0.2, 0.25) is 6.43 Å². The number of carbonyl (C=O) groups is 3. The molecule has 1 atom stereocenters. The van der Waals surface area contributed by atoms with Crippen LogP contribution in [-0.2, 0) is 11.2 Å². The molecule has 0 saturated heterocycles. The SMILES string of the molecule is CCCc1c(C(=O)NC(CC(F)F)C(=O)O)[nH]c(C)c1C(C)=O. The largest absolute Gasteiger partial charge is 0.480 e. The number of hydrogen-bond donors (Lipinski definition) is 3. The maximum atomic E-state index is 12.4. The molecule has 1 amide bonds. The predicted octanol–water partition coefficient (Wildman–Crippen LogP) is 2.32. The third-order valence-electron chi connectivity index (χ3n) is 3.39. The second-order valence-electron chi connectivity index (χ2n) is 5.28. The van der Waals surface area contributed by atoms with Gasteiger partial charge < -0.3 is 15.4 Å². The molecular formula is C15H20F2N2O4. The normalized spacial score (nSPS) is 12.3. The van der Waals surface area contributed by atoms with Crippen LogP contribution in [0.1, 0.15) is 58.8 Å². The highest BCUT2D eigenvalue weighted by atomic mass is 19.3. The summed E-state index contributed by atoms with van der Waals surface area (Å²) in [5.74, 6) is -2.56. The van der Waals surface area contributed by atoms with E-state index in [1.54, 1.807) is 6.92 Å². The van der Waals surface area contributed by atoms with Crippen molar-refractivity contribution in [2.24, 2.45) is 0 Å². The summed E-state index contributed by atoms with van der Waals surface area (Å²) in [7, 11) is 0. The molecular weight excluding hydrogens is 310 g/mol. The molecule has 0 aliphatic rings. The Hall–Kier alpha value is -2.25.